The molecule has 1 heterocycles. The molecule has 2 unspecified atom stereocenters. The Hall–Kier alpha value is -3.19. The standard InChI is InChI=1S/C25H25BrN2O4/c1-3-23(25(30)31)28-15-18(10-13-24(28)29)22(27-32)14-21(17-8-11-19(26)12-9-17)20-7-5-4-6-16(20)2/h4-13,15,21,23,32H,3,14H2,1-2H3,(H,30,31)/b27-22+. The van der Waals surface area contributed by atoms with Crippen molar-refractivity contribution in [3.05, 3.63) is 104 Å². The maximum atomic E-state index is 12.3. The molecule has 0 saturated carbocycles. The topological polar surface area (TPSA) is 91.9 Å². The molecule has 3 rings (SSSR count). The maximum absolute atomic E-state index is 12.3. The van der Waals surface area contributed by atoms with Crippen LogP contribution in [-0.4, -0.2) is 26.6 Å². The van der Waals surface area contributed by atoms with Gasteiger partial charge in [-0.3, -0.25) is 4.79 Å². The van der Waals surface area contributed by atoms with Crippen molar-refractivity contribution in [3.63, 3.8) is 0 Å². The van der Waals surface area contributed by atoms with E-state index in [9.17, 15) is 19.9 Å². The smallest absolute Gasteiger partial charge is 0.326 e. The van der Waals surface area contributed by atoms with Crippen LogP contribution in [0.5, 0.6) is 0 Å². The minimum atomic E-state index is -1.08. The zero-order chi connectivity index (χ0) is 23.3. The SMILES string of the molecule is CCC(C(=O)O)n1cc(/C(CC(c2ccc(Br)cc2)c2ccccc2C)=N/O)ccc1=O. The summed E-state index contributed by atoms with van der Waals surface area (Å²) >= 11 is 3.47. The van der Waals surface area contributed by atoms with E-state index in [2.05, 4.69) is 27.2 Å². The summed E-state index contributed by atoms with van der Waals surface area (Å²) in [5.41, 5.74) is 3.72. The summed E-state index contributed by atoms with van der Waals surface area (Å²) in [7, 11) is 0. The van der Waals surface area contributed by atoms with E-state index < -0.39 is 17.6 Å². The number of aromatic nitrogens is 1. The first-order chi connectivity index (χ1) is 15.3. The molecule has 0 amide bonds. The lowest BCUT2D eigenvalue weighted by Crippen LogP contribution is -2.29. The van der Waals surface area contributed by atoms with Crippen molar-refractivity contribution < 1.29 is 15.1 Å². The number of hydrogen-bond donors (Lipinski definition) is 2. The number of pyridine rings is 1. The van der Waals surface area contributed by atoms with Crippen molar-refractivity contribution in [1.82, 2.24) is 4.57 Å². The minimum Gasteiger partial charge on any atom is -0.480 e. The lowest BCUT2D eigenvalue weighted by Gasteiger charge is -2.21. The third-order valence-corrected chi connectivity index (χ3v) is 6.16. The van der Waals surface area contributed by atoms with Crippen LogP contribution in [0.2, 0.25) is 0 Å². The number of benzene rings is 2. The highest BCUT2D eigenvalue weighted by atomic mass is 79.9. The zero-order valence-electron chi connectivity index (χ0n) is 17.9. The van der Waals surface area contributed by atoms with Gasteiger partial charge in [0.05, 0.1) is 5.71 Å². The lowest BCUT2D eigenvalue weighted by molar-refractivity contribution is -0.141. The number of aryl methyl sites for hydroxylation is 1. The number of halogens is 1. The second-order valence-corrected chi connectivity index (χ2v) is 8.55. The Kier molecular flexibility index (Phi) is 7.64. The van der Waals surface area contributed by atoms with Gasteiger partial charge in [0.1, 0.15) is 6.04 Å². The molecule has 0 aliphatic rings. The molecular weight excluding hydrogens is 472 g/mol. The van der Waals surface area contributed by atoms with E-state index in [1.54, 1.807) is 13.0 Å². The molecule has 3 aromatic rings. The van der Waals surface area contributed by atoms with Gasteiger partial charge < -0.3 is 14.9 Å². The minimum absolute atomic E-state index is 0.1000. The number of hydrogen-bond acceptors (Lipinski definition) is 4. The fraction of sp³-hybridized carbons (Fsp3) is 0.240. The Morgan fingerprint density at radius 2 is 1.78 bits per heavy atom. The van der Waals surface area contributed by atoms with Gasteiger partial charge >= 0.3 is 5.97 Å². The summed E-state index contributed by atoms with van der Waals surface area (Å²) in [5, 5.41) is 22.9. The van der Waals surface area contributed by atoms with E-state index in [1.165, 1.54) is 16.8 Å². The summed E-state index contributed by atoms with van der Waals surface area (Å²) in [5.74, 6) is -1.18. The summed E-state index contributed by atoms with van der Waals surface area (Å²) in [6.45, 7) is 3.75. The van der Waals surface area contributed by atoms with Crippen LogP contribution in [0.4, 0.5) is 0 Å². The Bertz CT molecular complexity index is 1190. The van der Waals surface area contributed by atoms with Gasteiger partial charge in [0, 0.05) is 34.6 Å². The van der Waals surface area contributed by atoms with Gasteiger partial charge in [0.25, 0.3) is 5.56 Å². The second-order valence-electron chi connectivity index (χ2n) is 7.64. The normalized spacial score (nSPS) is 13.5. The molecule has 7 heteroatoms. The average molecular weight is 497 g/mol. The molecule has 1 aromatic heterocycles. The average Bonchev–Trinajstić information content (AvgIpc) is 2.78. The molecule has 0 aliphatic heterocycles. The first-order valence-electron chi connectivity index (χ1n) is 10.3. The van der Waals surface area contributed by atoms with E-state index in [0.29, 0.717) is 17.7 Å². The van der Waals surface area contributed by atoms with Crippen LogP contribution in [0.25, 0.3) is 0 Å². The highest BCUT2D eigenvalue weighted by Crippen LogP contribution is 2.32. The lowest BCUT2D eigenvalue weighted by atomic mass is 9.83. The van der Waals surface area contributed by atoms with E-state index in [1.807, 2.05) is 49.4 Å². The summed E-state index contributed by atoms with van der Waals surface area (Å²) in [6.07, 6.45) is 2.09. The quantitative estimate of drug-likeness (QED) is 0.249. The number of carboxylic acids is 1. The van der Waals surface area contributed by atoms with E-state index in [4.69, 9.17) is 0 Å². The molecule has 0 bridgehead atoms. The van der Waals surface area contributed by atoms with Gasteiger partial charge in [-0.2, -0.15) is 0 Å². The summed E-state index contributed by atoms with van der Waals surface area (Å²) in [4.78, 5) is 23.9. The van der Waals surface area contributed by atoms with Gasteiger partial charge in [-0.05, 0) is 48.2 Å². The summed E-state index contributed by atoms with van der Waals surface area (Å²) < 4.78 is 2.15. The molecule has 0 fully saturated rings. The number of aliphatic carboxylic acids is 1. The zero-order valence-corrected chi connectivity index (χ0v) is 19.5. The van der Waals surface area contributed by atoms with Crippen LogP contribution < -0.4 is 5.56 Å². The first kappa shape index (κ1) is 23.5. The van der Waals surface area contributed by atoms with Crippen molar-refractivity contribution in [1.29, 1.82) is 0 Å². The molecule has 2 N–H and O–H groups in total. The van der Waals surface area contributed by atoms with Crippen molar-refractivity contribution in [2.75, 3.05) is 0 Å². The van der Waals surface area contributed by atoms with Crippen molar-refractivity contribution in [2.45, 2.75) is 38.6 Å². The Morgan fingerprint density at radius 3 is 2.38 bits per heavy atom. The van der Waals surface area contributed by atoms with Crippen LogP contribution in [-0.2, 0) is 4.79 Å². The molecule has 0 aliphatic carbocycles. The Balaban J connectivity index is 2.06. The number of nitrogens with zero attached hydrogens (tertiary/aromatic N) is 2. The predicted molar refractivity (Wildman–Crippen MR) is 128 cm³/mol. The number of carbonyl (C=O) groups is 1. The first-order valence-corrected chi connectivity index (χ1v) is 11.1. The number of oxime groups is 1. The molecule has 32 heavy (non-hydrogen) atoms. The van der Waals surface area contributed by atoms with Crippen LogP contribution >= 0.6 is 15.9 Å². The maximum Gasteiger partial charge on any atom is 0.326 e. The van der Waals surface area contributed by atoms with Crippen LogP contribution in [0.1, 0.15) is 54.0 Å². The van der Waals surface area contributed by atoms with E-state index in [0.717, 1.165) is 21.2 Å². The van der Waals surface area contributed by atoms with Gasteiger partial charge in [0.15, 0.2) is 0 Å². The molecule has 0 saturated heterocycles. The molecule has 0 spiro atoms. The summed E-state index contributed by atoms with van der Waals surface area (Å²) in [6, 6.07) is 17.9. The predicted octanol–water partition coefficient (Wildman–Crippen LogP) is 5.36. The van der Waals surface area contributed by atoms with Crippen LogP contribution in [0.15, 0.2) is 81.3 Å². The Labute approximate surface area is 195 Å². The van der Waals surface area contributed by atoms with Crippen molar-refractivity contribution >= 4 is 27.6 Å². The Morgan fingerprint density at radius 1 is 1.09 bits per heavy atom. The highest BCUT2D eigenvalue weighted by Gasteiger charge is 2.23. The van der Waals surface area contributed by atoms with Gasteiger partial charge in [0.2, 0.25) is 0 Å². The molecule has 0 radical (unpaired) electrons. The largest absolute Gasteiger partial charge is 0.480 e. The van der Waals surface area contributed by atoms with Crippen LogP contribution in [0, 0.1) is 6.92 Å². The van der Waals surface area contributed by atoms with E-state index >= 15 is 0 Å². The molecule has 2 aromatic carbocycles. The highest BCUT2D eigenvalue weighted by molar-refractivity contribution is 9.10. The molecule has 6 nitrogen and oxygen atoms in total. The van der Waals surface area contributed by atoms with Crippen molar-refractivity contribution in [2.24, 2.45) is 5.16 Å². The third kappa shape index (κ3) is 5.16. The number of rotatable bonds is 8. The number of carboxylic acid groups (broad SMARTS) is 1. The van der Waals surface area contributed by atoms with Gasteiger partial charge in [-0.15, -0.1) is 0 Å². The third-order valence-electron chi connectivity index (χ3n) is 5.63. The van der Waals surface area contributed by atoms with Crippen LogP contribution in [0.3, 0.4) is 0 Å². The van der Waals surface area contributed by atoms with E-state index in [-0.39, 0.29) is 12.3 Å². The monoisotopic (exact) mass is 496 g/mol. The molecule has 166 valence electrons. The van der Waals surface area contributed by atoms with Crippen molar-refractivity contribution in [3.8, 4) is 0 Å². The fourth-order valence-electron chi connectivity index (χ4n) is 3.90. The molecule has 2 atom stereocenters. The van der Waals surface area contributed by atoms with Gasteiger partial charge in [-0.1, -0.05) is 64.4 Å². The molecular formula is C25H25BrN2O4. The second kappa shape index (κ2) is 10.4. The fourth-order valence-corrected chi connectivity index (χ4v) is 4.16. The van der Waals surface area contributed by atoms with Gasteiger partial charge in [-0.25, -0.2) is 4.79 Å².